The quantitative estimate of drug-likeness (QED) is 0.635. The summed E-state index contributed by atoms with van der Waals surface area (Å²) < 4.78 is 26.2. The molecule has 1 aliphatic carbocycles. The molecule has 20 heavy (non-hydrogen) atoms. The van der Waals surface area contributed by atoms with Crippen molar-refractivity contribution in [2.24, 2.45) is 11.8 Å². The van der Waals surface area contributed by atoms with E-state index in [1.165, 1.54) is 0 Å². The van der Waals surface area contributed by atoms with E-state index in [1.807, 2.05) is 0 Å². The van der Waals surface area contributed by atoms with Crippen molar-refractivity contribution >= 4 is 11.6 Å². The van der Waals surface area contributed by atoms with Crippen LogP contribution in [0.2, 0.25) is 0 Å². The molecule has 1 heterocycles. The summed E-state index contributed by atoms with van der Waals surface area (Å²) in [6.07, 6.45) is 0. The second-order valence-corrected chi connectivity index (χ2v) is 5.03. The highest BCUT2D eigenvalue weighted by atomic mass is 19.2. The lowest BCUT2D eigenvalue weighted by atomic mass is 10.1. The highest BCUT2D eigenvalue weighted by Crippen LogP contribution is 2.41. The minimum absolute atomic E-state index is 0.0449. The fourth-order valence-corrected chi connectivity index (χ4v) is 2.73. The number of nitro groups is 1. The highest BCUT2D eigenvalue weighted by Gasteiger charge is 2.53. The summed E-state index contributed by atoms with van der Waals surface area (Å²) >= 11 is 0. The average molecular weight is 283 g/mol. The maximum Gasteiger partial charge on any atom is 0.285 e. The van der Waals surface area contributed by atoms with Crippen molar-refractivity contribution in [1.82, 2.24) is 10.6 Å². The number of piperidine rings is 1. The standard InChI is InChI=1S/C12H11F2N3O3/c13-8-1-5(10(17(19)20)2-9(8)14)12(18)16-11-6-3-15-4-7(6)11/h1-2,6-7,11,15H,3-4H2,(H,16,18). The van der Waals surface area contributed by atoms with Gasteiger partial charge in [0.05, 0.1) is 11.0 Å². The van der Waals surface area contributed by atoms with Gasteiger partial charge in [-0.3, -0.25) is 14.9 Å². The van der Waals surface area contributed by atoms with Crippen LogP contribution >= 0.6 is 0 Å². The van der Waals surface area contributed by atoms with Gasteiger partial charge in [0.15, 0.2) is 11.6 Å². The number of hydrogen-bond acceptors (Lipinski definition) is 4. The number of rotatable bonds is 3. The maximum atomic E-state index is 13.2. The van der Waals surface area contributed by atoms with E-state index in [2.05, 4.69) is 10.6 Å². The van der Waals surface area contributed by atoms with Gasteiger partial charge in [0, 0.05) is 19.1 Å². The minimum atomic E-state index is -1.35. The molecule has 0 spiro atoms. The van der Waals surface area contributed by atoms with Crippen LogP contribution in [0.3, 0.4) is 0 Å². The summed E-state index contributed by atoms with van der Waals surface area (Å²) in [7, 11) is 0. The van der Waals surface area contributed by atoms with Gasteiger partial charge in [-0.2, -0.15) is 0 Å². The Kier molecular flexibility index (Phi) is 2.89. The van der Waals surface area contributed by atoms with Gasteiger partial charge in [-0.05, 0) is 17.9 Å². The number of nitro benzene ring substituents is 1. The molecule has 1 aliphatic heterocycles. The van der Waals surface area contributed by atoms with Gasteiger partial charge in [-0.15, -0.1) is 0 Å². The highest BCUT2D eigenvalue weighted by molar-refractivity contribution is 5.98. The van der Waals surface area contributed by atoms with Crippen molar-refractivity contribution in [3.8, 4) is 0 Å². The molecule has 8 heteroatoms. The largest absolute Gasteiger partial charge is 0.348 e. The van der Waals surface area contributed by atoms with Gasteiger partial charge >= 0.3 is 0 Å². The lowest BCUT2D eigenvalue weighted by Crippen LogP contribution is -2.33. The van der Waals surface area contributed by atoms with Crippen LogP contribution in [0.15, 0.2) is 12.1 Å². The van der Waals surface area contributed by atoms with Gasteiger partial charge in [0.25, 0.3) is 11.6 Å². The first kappa shape index (κ1) is 12.9. The van der Waals surface area contributed by atoms with Gasteiger partial charge in [-0.1, -0.05) is 0 Å². The van der Waals surface area contributed by atoms with Crippen LogP contribution in [0.1, 0.15) is 10.4 Å². The summed E-state index contributed by atoms with van der Waals surface area (Å²) in [5.74, 6) is -2.72. The zero-order valence-electron chi connectivity index (χ0n) is 10.2. The number of nitrogens with one attached hydrogen (secondary N) is 2. The monoisotopic (exact) mass is 283 g/mol. The molecular formula is C12H11F2N3O3. The van der Waals surface area contributed by atoms with E-state index in [4.69, 9.17) is 0 Å². The second-order valence-electron chi connectivity index (χ2n) is 5.03. The molecule has 1 aromatic rings. The summed E-state index contributed by atoms with van der Waals surface area (Å²) in [5, 5.41) is 16.6. The van der Waals surface area contributed by atoms with Crippen LogP contribution in [0.4, 0.5) is 14.5 Å². The Morgan fingerprint density at radius 1 is 1.30 bits per heavy atom. The predicted molar refractivity (Wildman–Crippen MR) is 64.1 cm³/mol. The molecule has 2 N–H and O–H groups in total. The molecule has 2 unspecified atom stereocenters. The third kappa shape index (κ3) is 2.01. The first-order valence-electron chi connectivity index (χ1n) is 6.14. The van der Waals surface area contributed by atoms with E-state index in [1.54, 1.807) is 0 Å². The molecule has 6 nitrogen and oxygen atoms in total. The molecule has 2 aliphatic rings. The number of amides is 1. The van der Waals surface area contributed by atoms with E-state index in [-0.39, 0.29) is 6.04 Å². The Morgan fingerprint density at radius 2 is 1.90 bits per heavy atom. The predicted octanol–water partition coefficient (Wildman–Crippen LogP) is 0.821. The SMILES string of the molecule is O=C(NC1C2CNCC21)c1cc(F)c(F)cc1[N+](=O)[O-]. The first-order valence-corrected chi connectivity index (χ1v) is 6.14. The third-order valence-corrected chi connectivity index (χ3v) is 3.87. The number of nitrogens with zero attached hydrogens (tertiary/aromatic N) is 1. The Bertz CT molecular complexity index is 598. The third-order valence-electron chi connectivity index (χ3n) is 3.87. The zero-order chi connectivity index (χ0) is 14.4. The molecule has 0 aromatic heterocycles. The van der Waals surface area contributed by atoms with Gasteiger partial charge in [0.1, 0.15) is 5.56 Å². The lowest BCUT2D eigenvalue weighted by Gasteiger charge is -2.08. The van der Waals surface area contributed by atoms with Crippen molar-refractivity contribution in [3.63, 3.8) is 0 Å². The number of benzene rings is 1. The average Bonchev–Trinajstić information content (AvgIpc) is 2.85. The zero-order valence-corrected chi connectivity index (χ0v) is 10.2. The van der Waals surface area contributed by atoms with Crippen molar-refractivity contribution in [2.45, 2.75) is 6.04 Å². The van der Waals surface area contributed by atoms with Crippen LogP contribution in [-0.4, -0.2) is 30.0 Å². The first-order chi connectivity index (χ1) is 9.49. The van der Waals surface area contributed by atoms with E-state index in [0.29, 0.717) is 24.0 Å². The molecule has 2 fully saturated rings. The molecule has 1 aromatic carbocycles. The normalized spacial score (nSPS) is 27.0. The van der Waals surface area contributed by atoms with Crippen LogP contribution < -0.4 is 10.6 Å². The number of fused-ring (bicyclic) bond motifs is 1. The topological polar surface area (TPSA) is 84.3 Å². The van der Waals surface area contributed by atoms with Gasteiger partial charge in [-0.25, -0.2) is 8.78 Å². The summed E-state index contributed by atoms with van der Waals surface area (Å²) in [5.41, 5.74) is -1.18. The summed E-state index contributed by atoms with van der Waals surface area (Å²) in [6.45, 7) is 1.57. The fourth-order valence-electron chi connectivity index (χ4n) is 2.73. The van der Waals surface area contributed by atoms with Crippen LogP contribution in [-0.2, 0) is 0 Å². The molecule has 106 valence electrons. The molecule has 3 rings (SSSR count). The van der Waals surface area contributed by atoms with Crippen LogP contribution in [0, 0.1) is 33.6 Å². The lowest BCUT2D eigenvalue weighted by molar-refractivity contribution is -0.385. The van der Waals surface area contributed by atoms with E-state index >= 15 is 0 Å². The Morgan fingerprint density at radius 3 is 2.50 bits per heavy atom. The van der Waals surface area contributed by atoms with E-state index in [0.717, 1.165) is 13.1 Å². The molecule has 2 atom stereocenters. The fraction of sp³-hybridized carbons (Fsp3) is 0.417. The molecule has 1 saturated heterocycles. The molecular weight excluding hydrogens is 272 g/mol. The second kappa shape index (κ2) is 4.48. The van der Waals surface area contributed by atoms with E-state index in [9.17, 15) is 23.7 Å². The van der Waals surface area contributed by atoms with Crippen molar-refractivity contribution in [3.05, 3.63) is 39.4 Å². The number of halogens is 2. The molecule has 1 amide bonds. The Hall–Kier alpha value is -2.09. The number of carbonyl (C=O) groups excluding carboxylic acids is 1. The molecule has 0 radical (unpaired) electrons. The minimum Gasteiger partial charge on any atom is -0.348 e. The van der Waals surface area contributed by atoms with E-state index < -0.39 is 33.7 Å². The van der Waals surface area contributed by atoms with Crippen molar-refractivity contribution < 1.29 is 18.5 Å². The summed E-state index contributed by atoms with van der Waals surface area (Å²) in [4.78, 5) is 21.9. The van der Waals surface area contributed by atoms with Crippen molar-refractivity contribution in [2.75, 3.05) is 13.1 Å². The molecule has 1 saturated carbocycles. The molecule has 0 bridgehead atoms. The van der Waals surface area contributed by atoms with Gasteiger partial charge in [0.2, 0.25) is 0 Å². The number of carbonyl (C=O) groups is 1. The smallest absolute Gasteiger partial charge is 0.285 e. The number of hydrogen-bond donors (Lipinski definition) is 2. The summed E-state index contributed by atoms with van der Waals surface area (Å²) in [6, 6.07) is 0.954. The van der Waals surface area contributed by atoms with Crippen molar-refractivity contribution in [1.29, 1.82) is 0 Å². The Labute approximate surface area is 112 Å². The van der Waals surface area contributed by atoms with Gasteiger partial charge < -0.3 is 10.6 Å². The maximum absolute atomic E-state index is 13.2. The Balaban J connectivity index is 1.83. The van der Waals surface area contributed by atoms with Crippen LogP contribution in [0.5, 0.6) is 0 Å². The van der Waals surface area contributed by atoms with Crippen LogP contribution in [0.25, 0.3) is 0 Å².